The van der Waals surface area contributed by atoms with Crippen LogP contribution in [0.25, 0.3) is 0 Å². The van der Waals surface area contributed by atoms with Crippen LogP contribution >= 0.6 is 0 Å². The number of sulfonamides is 1. The molecule has 2 N–H and O–H groups in total. The van der Waals surface area contributed by atoms with Crippen molar-refractivity contribution in [2.24, 2.45) is 5.14 Å². The monoisotopic (exact) mass is 215 g/mol. The second-order valence-corrected chi connectivity index (χ2v) is 4.73. The molecule has 0 bridgehead atoms. The van der Waals surface area contributed by atoms with E-state index in [9.17, 15) is 8.42 Å². The van der Waals surface area contributed by atoms with Gasteiger partial charge >= 0.3 is 0 Å². The molecule has 1 aromatic rings. The van der Waals surface area contributed by atoms with E-state index in [0.717, 1.165) is 0 Å². The van der Waals surface area contributed by atoms with Gasteiger partial charge in [-0.1, -0.05) is 18.2 Å². The molecular weight excluding hydrogens is 206 g/mol. The first-order valence-electron chi connectivity index (χ1n) is 3.99. The molecule has 0 aliphatic carbocycles. The van der Waals surface area contributed by atoms with Crippen LogP contribution in [-0.2, 0) is 14.9 Å². The van der Waals surface area contributed by atoms with Crippen molar-refractivity contribution in [1.29, 1.82) is 0 Å². The van der Waals surface area contributed by atoms with Crippen LogP contribution in [0.1, 0.15) is 10.8 Å². The van der Waals surface area contributed by atoms with Gasteiger partial charge in [0, 0.05) is 5.56 Å². The number of nitrogens with two attached hydrogens (primary N) is 1. The zero-order valence-corrected chi connectivity index (χ0v) is 8.03. The minimum Gasteiger partial charge on any atom is -0.337 e. The van der Waals surface area contributed by atoms with Crippen molar-refractivity contribution in [2.75, 3.05) is 6.61 Å². The van der Waals surface area contributed by atoms with Gasteiger partial charge in [0.1, 0.15) is 11.9 Å². The molecule has 1 aliphatic heterocycles. The number of para-hydroxylation sites is 1. The summed E-state index contributed by atoms with van der Waals surface area (Å²) in [7, 11) is -3.64. The van der Waals surface area contributed by atoms with Gasteiger partial charge in [0.2, 0.25) is 10.0 Å². The number of fused-ring (bicyclic) bond motifs is 1. The first kappa shape index (κ1) is 9.45. The van der Waals surface area contributed by atoms with Crippen LogP contribution in [0.5, 0.6) is 5.75 Å². The molecule has 1 unspecified atom stereocenters. The summed E-state index contributed by atoms with van der Waals surface area (Å²) in [5.74, 6) is 0.401. The predicted molar refractivity (Wildman–Crippen MR) is 48.9 cm³/mol. The fourth-order valence-corrected chi connectivity index (χ4v) is 2.14. The van der Waals surface area contributed by atoms with Crippen molar-refractivity contribution in [2.45, 2.75) is 5.25 Å². The Kier molecular flexibility index (Phi) is 2.18. The van der Waals surface area contributed by atoms with Crippen LogP contribution in [0.2, 0.25) is 0 Å². The van der Waals surface area contributed by atoms with Crippen molar-refractivity contribution >= 4 is 10.0 Å². The van der Waals surface area contributed by atoms with Gasteiger partial charge < -0.3 is 4.89 Å². The molecule has 2 rings (SSSR count). The van der Waals surface area contributed by atoms with E-state index in [-0.39, 0.29) is 6.61 Å². The molecule has 0 aromatic heterocycles. The van der Waals surface area contributed by atoms with Gasteiger partial charge in [-0.05, 0) is 6.07 Å². The molecule has 0 saturated heterocycles. The van der Waals surface area contributed by atoms with Gasteiger partial charge in [0.05, 0.1) is 0 Å². The molecule has 0 radical (unpaired) electrons. The largest absolute Gasteiger partial charge is 0.337 e. The second-order valence-electron chi connectivity index (χ2n) is 2.98. The quantitative estimate of drug-likeness (QED) is 0.685. The highest BCUT2D eigenvalue weighted by molar-refractivity contribution is 7.89. The fourth-order valence-electron chi connectivity index (χ4n) is 1.34. The first-order valence-corrected chi connectivity index (χ1v) is 5.60. The zero-order chi connectivity index (χ0) is 10.2. The average Bonchev–Trinajstić information content (AvgIpc) is 2.15. The molecule has 5 nitrogen and oxygen atoms in total. The summed E-state index contributed by atoms with van der Waals surface area (Å²) < 4.78 is 22.4. The lowest BCUT2D eigenvalue weighted by molar-refractivity contribution is -0.216. The van der Waals surface area contributed by atoms with Crippen molar-refractivity contribution in [1.82, 2.24) is 0 Å². The maximum atomic E-state index is 11.2. The lowest BCUT2D eigenvalue weighted by atomic mass is 10.1. The third kappa shape index (κ3) is 1.59. The number of hydrogen-bond acceptors (Lipinski definition) is 4. The van der Waals surface area contributed by atoms with Crippen LogP contribution in [0.4, 0.5) is 0 Å². The van der Waals surface area contributed by atoms with Gasteiger partial charge in [0.25, 0.3) is 0 Å². The van der Waals surface area contributed by atoms with Crippen LogP contribution in [-0.4, -0.2) is 15.0 Å². The number of hydrogen-bond donors (Lipinski definition) is 1. The van der Waals surface area contributed by atoms with E-state index < -0.39 is 15.3 Å². The van der Waals surface area contributed by atoms with E-state index in [1.54, 1.807) is 24.3 Å². The minimum atomic E-state index is -3.64. The molecule has 1 aromatic carbocycles. The van der Waals surface area contributed by atoms with Crippen molar-refractivity contribution in [3.8, 4) is 5.75 Å². The Morgan fingerprint density at radius 2 is 2.07 bits per heavy atom. The third-order valence-corrected chi connectivity index (χ3v) is 3.21. The van der Waals surface area contributed by atoms with Crippen molar-refractivity contribution in [3.63, 3.8) is 0 Å². The highest BCUT2D eigenvalue weighted by Gasteiger charge is 2.31. The molecule has 6 heteroatoms. The maximum Gasteiger partial charge on any atom is 0.218 e. The Bertz CT molecular complexity index is 442. The van der Waals surface area contributed by atoms with Crippen LogP contribution in [0.15, 0.2) is 24.3 Å². The summed E-state index contributed by atoms with van der Waals surface area (Å²) in [6, 6.07) is 6.75. The van der Waals surface area contributed by atoms with Crippen LogP contribution in [0.3, 0.4) is 0 Å². The summed E-state index contributed by atoms with van der Waals surface area (Å²) >= 11 is 0. The van der Waals surface area contributed by atoms with E-state index in [1.807, 2.05) is 0 Å². The molecule has 1 aliphatic rings. The Labute approximate surface area is 81.4 Å². The van der Waals surface area contributed by atoms with Gasteiger partial charge in [-0.3, -0.25) is 0 Å². The van der Waals surface area contributed by atoms with E-state index in [1.165, 1.54) is 0 Å². The normalized spacial score (nSPS) is 21.1. The molecule has 0 fully saturated rings. The van der Waals surface area contributed by atoms with Crippen molar-refractivity contribution in [3.05, 3.63) is 29.8 Å². The van der Waals surface area contributed by atoms with E-state index in [2.05, 4.69) is 4.89 Å². The summed E-state index contributed by atoms with van der Waals surface area (Å²) in [5.41, 5.74) is 0.543. The van der Waals surface area contributed by atoms with Gasteiger partial charge in [-0.25, -0.2) is 13.6 Å². The Hall–Kier alpha value is -1.11. The summed E-state index contributed by atoms with van der Waals surface area (Å²) in [6.07, 6.45) is 0. The van der Waals surface area contributed by atoms with Crippen molar-refractivity contribution < 1.29 is 18.2 Å². The van der Waals surface area contributed by atoms with E-state index in [4.69, 9.17) is 10.0 Å². The van der Waals surface area contributed by atoms with Crippen LogP contribution < -0.4 is 10.0 Å². The molecule has 0 saturated carbocycles. The first-order chi connectivity index (χ1) is 6.59. The molecule has 0 spiro atoms. The number of primary sulfonamides is 1. The summed E-state index contributed by atoms with van der Waals surface area (Å²) in [5, 5.41) is 4.22. The predicted octanol–water partition coefficient (Wildman–Crippen LogP) is 0.340. The van der Waals surface area contributed by atoms with Crippen LogP contribution in [0, 0.1) is 0 Å². The summed E-state index contributed by atoms with van der Waals surface area (Å²) in [4.78, 5) is 9.50. The second kappa shape index (κ2) is 3.23. The maximum absolute atomic E-state index is 11.2. The smallest absolute Gasteiger partial charge is 0.218 e. The molecule has 1 atom stereocenters. The zero-order valence-electron chi connectivity index (χ0n) is 7.21. The Balaban J connectivity index is 2.51. The van der Waals surface area contributed by atoms with Gasteiger partial charge in [-0.2, -0.15) is 4.89 Å². The standard InChI is InChI=1S/C8H9NO4S/c9-14(10,11)8-5-12-13-7-4-2-1-3-6(7)8/h1-4,8H,5H2,(H2,9,10,11). The van der Waals surface area contributed by atoms with E-state index in [0.29, 0.717) is 11.3 Å². The number of rotatable bonds is 1. The lowest BCUT2D eigenvalue weighted by Gasteiger charge is -2.22. The highest BCUT2D eigenvalue weighted by atomic mass is 32.2. The van der Waals surface area contributed by atoms with Gasteiger partial charge in [-0.15, -0.1) is 0 Å². The SMILES string of the molecule is NS(=O)(=O)C1COOc2ccccc21. The Morgan fingerprint density at radius 1 is 1.36 bits per heavy atom. The minimum absolute atomic E-state index is 0.0736. The lowest BCUT2D eigenvalue weighted by Crippen LogP contribution is -2.29. The fraction of sp³-hybridized carbons (Fsp3) is 0.250. The highest BCUT2D eigenvalue weighted by Crippen LogP contribution is 2.33. The van der Waals surface area contributed by atoms with E-state index >= 15 is 0 Å². The molecule has 14 heavy (non-hydrogen) atoms. The average molecular weight is 215 g/mol. The third-order valence-electron chi connectivity index (χ3n) is 2.03. The Morgan fingerprint density at radius 3 is 2.79 bits per heavy atom. The van der Waals surface area contributed by atoms with Gasteiger partial charge in [0.15, 0.2) is 5.75 Å². The molecular formula is C8H9NO4S. The molecule has 76 valence electrons. The molecule has 1 heterocycles. The molecule has 0 amide bonds. The topological polar surface area (TPSA) is 78.6 Å². The summed E-state index contributed by atoms with van der Waals surface area (Å²) in [6.45, 7) is -0.0736. The number of benzene rings is 1.